The molecule has 0 saturated carbocycles. The van der Waals surface area contributed by atoms with Gasteiger partial charge in [-0.1, -0.05) is 5.16 Å². The Morgan fingerprint density at radius 2 is 2.04 bits per heavy atom. The Balaban J connectivity index is 0.00000288. The first-order chi connectivity index (χ1) is 11.1. The molecule has 0 atom stereocenters. The molecular formula is C16H26IN5OS. The minimum Gasteiger partial charge on any atom is -0.361 e. The molecule has 8 heteroatoms. The molecule has 0 radical (unpaired) electrons. The molecule has 2 heterocycles. The van der Waals surface area contributed by atoms with Crippen LogP contribution in [-0.2, 0) is 12.8 Å². The fourth-order valence-corrected chi connectivity index (χ4v) is 3.06. The van der Waals surface area contributed by atoms with E-state index in [9.17, 15) is 0 Å². The molecule has 2 N–H and O–H groups in total. The molecule has 0 aliphatic carbocycles. The number of aryl methyl sites for hydroxylation is 3. The summed E-state index contributed by atoms with van der Waals surface area (Å²) in [6, 6.07) is 0. The summed E-state index contributed by atoms with van der Waals surface area (Å²) in [6.07, 6.45) is 3.66. The van der Waals surface area contributed by atoms with Crippen molar-refractivity contribution in [1.82, 2.24) is 20.8 Å². The van der Waals surface area contributed by atoms with Crippen molar-refractivity contribution < 1.29 is 4.52 Å². The summed E-state index contributed by atoms with van der Waals surface area (Å²) in [6.45, 7) is 10.4. The zero-order valence-corrected chi connectivity index (χ0v) is 17.8. The molecule has 0 amide bonds. The van der Waals surface area contributed by atoms with Crippen LogP contribution in [0.4, 0.5) is 0 Å². The van der Waals surface area contributed by atoms with Gasteiger partial charge in [-0.3, -0.25) is 4.99 Å². The van der Waals surface area contributed by atoms with Crippen LogP contribution in [0.5, 0.6) is 0 Å². The lowest BCUT2D eigenvalue weighted by atomic mass is 10.1. The zero-order chi connectivity index (χ0) is 16.7. The smallest absolute Gasteiger partial charge is 0.191 e. The van der Waals surface area contributed by atoms with Crippen molar-refractivity contribution in [3.63, 3.8) is 0 Å². The Hall–Kier alpha value is -1.16. The van der Waals surface area contributed by atoms with Gasteiger partial charge in [-0.15, -0.1) is 35.3 Å². The van der Waals surface area contributed by atoms with Gasteiger partial charge >= 0.3 is 0 Å². The van der Waals surface area contributed by atoms with E-state index in [-0.39, 0.29) is 24.0 Å². The number of aliphatic imine (C=N–C) groups is 1. The van der Waals surface area contributed by atoms with Crippen molar-refractivity contribution in [2.75, 3.05) is 19.6 Å². The Morgan fingerprint density at radius 3 is 2.62 bits per heavy atom. The Morgan fingerprint density at radius 1 is 1.25 bits per heavy atom. The molecule has 2 aromatic heterocycles. The van der Waals surface area contributed by atoms with Gasteiger partial charge in [0.1, 0.15) is 5.76 Å². The molecule has 0 unspecified atom stereocenters. The summed E-state index contributed by atoms with van der Waals surface area (Å²) in [7, 11) is 0. The predicted molar refractivity (Wildman–Crippen MR) is 110 cm³/mol. The highest BCUT2D eigenvalue weighted by atomic mass is 127. The normalized spacial score (nSPS) is 11.2. The molecule has 0 aliphatic rings. The standard InChI is InChI=1S/C16H25N5OS.HI/c1-5-17-16(19-9-7-15-20-10-11(2)23-15)18-8-6-14-12(3)21-22-13(14)4;/h10H,5-9H2,1-4H3,(H2,17,18,19);1H. The number of aromatic nitrogens is 2. The summed E-state index contributed by atoms with van der Waals surface area (Å²) < 4.78 is 5.19. The van der Waals surface area contributed by atoms with Crippen LogP contribution in [0.1, 0.15) is 33.8 Å². The van der Waals surface area contributed by atoms with Crippen LogP contribution >= 0.6 is 35.3 Å². The van der Waals surface area contributed by atoms with E-state index >= 15 is 0 Å². The summed E-state index contributed by atoms with van der Waals surface area (Å²) in [5, 5.41) is 11.7. The number of hydrogen-bond donors (Lipinski definition) is 2. The average Bonchev–Trinajstić information content (AvgIpc) is 3.07. The van der Waals surface area contributed by atoms with Crippen LogP contribution in [-0.4, -0.2) is 35.7 Å². The molecule has 134 valence electrons. The Kier molecular flexibility index (Phi) is 9.27. The van der Waals surface area contributed by atoms with E-state index in [4.69, 9.17) is 4.52 Å². The zero-order valence-electron chi connectivity index (χ0n) is 14.7. The van der Waals surface area contributed by atoms with Gasteiger partial charge in [0.25, 0.3) is 0 Å². The first-order valence-electron chi connectivity index (χ1n) is 7.95. The fourth-order valence-electron chi connectivity index (χ4n) is 2.29. The monoisotopic (exact) mass is 463 g/mol. The Labute approximate surface area is 164 Å². The highest BCUT2D eigenvalue weighted by Gasteiger charge is 2.08. The van der Waals surface area contributed by atoms with Gasteiger partial charge in [0, 0.05) is 42.7 Å². The van der Waals surface area contributed by atoms with E-state index < -0.39 is 0 Å². The van der Waals surface area contributed by atoms with Crippen molar-refractivity contribution in [1.29, 1.82) is 0 Å². The summed E-state index contributed by atoms with van der Waals surface area (Å²) in [4.78, 5) is 10.2. The first kappa shape index (κ1) is 20.9. The average molecular weight is 463 g/mol. The molecule has 0 spiro atoms. The van der Waals surface area contributed by atoms with E-state index in [1.54, 1.807) is 11.3 Å². The lowest BCUT2D eigenvalue weighted by Gasteiger charge is -2.11. The van der Waals surface area contributed by atoms with Crippen LogP contribution < -0.4 is 10.6 Å². The maximum atomic E-state index is 5.19. The maximum absolute atomic E-state index is 5.19. The Bertz CT molecular complexity index is 633. The predicted octanol–water partition coefficient (Wildman–Crippen LogP) is 3.01. The van der Waals surface area contributed by atoms with Crippen molar-refractivity contribution >= 4 is 41.3 Å². The summed E-state index contributed by atoms with van der Waals surface area (Å²) >= 11 is 1.73. The quantitative estimate of drug-likeness (QED) is 0.375. The van der Waals surface area contributed by atoms with Gasteiger partial charge in [-0.2, -0.15) is 0 Å². The van der Waals surface area contributed by atoms with Crippen molar-refractivity contribution in [3.8, 4) is 0 Å². The van der Waals surface area contributed by atoms with E-state index in [0.717, 1.165) is 54.9 Å². The maximum Gasteiger partial charge on any atom is 0.191 e. The molecule has 0 fully saturated rings. The number of nitrogens with zero attached hydrogens (tertiary/aromatic N) is 3. The molecule has 2 rings (SSSR count). The van der Waals surface area contributed by atoms with Crippen LogP contribution in [0, 0.1) is 20.8 Å². The van der Waals surface area contributed by atoms with Gasteiger partial charge in [0.15, 0.2) is 5.96 Å². The summed E-state index contributed by atoms with van der Waals surface area (Å²) in [5.74, 6) is 1.73. The van der Waals surface area contributed by atoms with Crippen molar-refractivity contribution in [2.45, 2.75) is 40.5 Å². The third kappa shape index (κ3) is 6.39. The van der Waals surface area contributed by atoms with Gasteiger partial charge in [0.05, 0.1) is 10.7 Å². The number of hydrogen-bond acceptors (Lipinski definition) is 5. The second-order valence-corrected chi connectivity index (χ2v) is 6.67. The van der Waals surface area contributed by atoms with Crippen molar-refractivity contribution in [2.24, 2.45) is 4.99 Å². The number of guanidine groups is 1. The number of halogens is 1. The fraction of sp³-hybridized carbons (Fsp3) is 0.562. The molecule has 0 aliphatic heterocycles. The second kappa shape index (κ2) is 10.7. The van der Waals surface area contributed by atoms with Crippen molar-refractivity contribution in [3.05, 3.63) is 33.1 Å². The highest BCUT2D eigenvalue weighted by molar-refractivity contribution is 14.0. The molecule has 24 heavy (non-hydrogen) atoms. The van der Waals surface area contributed by atoms with E-state index in [1.165, 1.54) is 10.4 Å². The SMILES string of the molecule is CCNC(=NCCc1ncc(C)s1)NCCc1c(C)noc1C.I. The topological polar surface area (TPSA) is 75.3 Å². The van der Waals surface area contributed by atoms with Crippen LogP contribution in [0.3, 0.4) is 0 Å². The van der Waals surface area contributed by atoms with E-state index in [2.05, 4.69) is 39.6 Å². The number of thiazole rings is 1. The minimum absolute atomic E-state index is 0. The van der Waals surface area contributed by atoms with Gasteiger partial charge in [-0.05, 0) is 34.1 Å². The van der Waals surface area contributed by atoms with Crippen LogP contribution in [0.2, 0.25) is 0 Å². The highest BCUT2D eigenvalue weighted by Crippen LogP contribution is 2.12. The lowest BCUT2D eigenvalue weighted by Crippen LogP contribution is -2.38. The van der Waals surface area contributed by atoms with Gasteiger partial charge in [0.2, 0.25) is 0 Å². The molecule has 2 aromatic rings. The second-order valence-electron chi connectivity index (χ2n) is 5.35. The van der Waals surface area contributed by atoms with Gasteiger partial charge < -0.3 is 15.2 Å². The lowest BCUT2D eigenvalue weighted by molar-refractivity contribution is 0.392. The van der Waals surface area contributed by atoms with Gasteiger partial charge in [-0.25, -0.2) is 4.98 Å². The van der Waals surface area contributed by atoms with Crippen LogP contribution in [0.15, 0.2) is 15.7 Å². The van der Waals surface area contributed by atoms with E-state index in [0.29, 0.717) is 0 Å². The molecular weight excluding hydrogens is 437 g/mol. The van der Waals surface area contributed by atoms with Crippen LogP contribution in [0.25, 0.3) is 0 Å². The molecule has 6 nitrogen and oxygen atoms in total. The largest absolute Gasteiger partial charge is 0.361 e. The third-order valence-corrected chi connectivity index (χ3v) is 4.43. The van der Waals surface area contributed by atoms with E-state index in [1.807, 2.05) is 20.0 Å². The number of rotatable bonds is 7. The minimum atomic E-state index is 0. The third-order valence-electron chi connectivity index (χ3n) is 3.46. The summed E-state index contributed by atoms with van der Waals surface area (Å²) in [5.41, 5.74) is 2.14. The first-order valence-corrected chi connectivity index (χ1v) is 8.77. The number of nitrogens with one attached hydrogen (secondary N) is 2. The molecule has 0 aromatic carbocycles. The molecule has 0 saturated heterocycles. The molecule has 0 bridgehead atoms.